The summed E-state index contributed by atoms with van der Waals surface area (Å²) in [6, 6.07) is 11.2. The molecule has 0 unspecified atom stereocenters. The van der Waals surface area contributed by atoms with Crippen molar-refractivity contribution < 1.29 is 4.39 Å². The van der Waals surface area contributed by atoms with E-state index in [2.05, 4.69) is 44.2 Å². The first-order chi connectivity index (χ1) is 16.5. The molecule has 5 aromatic heterocycles. The number of anilines is 1. The number of hydrogen-bond acceptors (Lipinski definition) is 6. The third kappa shape index (κ3) is 3.32. The molecule has 1 aromatic carbocycles. The lowest BCUT2D eigenvalue weighted by Crippen LogP contribution is -2.08. The van der Waals surface area contributed by atoms with Gasteiger partial charge in [0.05, 0.1) is 27.8 Å². The van der Waals surface area contributed by atoms with Crippen LogP contribution in [0.2, 0.25) is 0 Å². The van der Waals surface area contributed by atoms with Gasteiger partial charge in [-0.25, -0.2) is 9.37 Å². The molecule has 168 valence electrons. The number of nitrogens with one attached hydrogen (secondary N) is 2. The van der Waals surface area contributed by atoms with Gasteiger partial charge in [0.15, 0.2) is 5.82 Å². The van der Waals surface area contributed by atoms with Crippen molar-refractivity contribution in [2.45, 2.75) is 6.92 Å². The van der Waals surface area contributed by atoms with Gasteiger partial charge in [0.2, 0.25) is 0 Å². The molecule has 0 atom stereocenters. The maximum absolute atomic E-state index is 15.0. The molecular formula is C25H20FN7S. The lowest BCUT2D eigenvalue weighted by molar-refractivity contribution is 0.632. The molecule has 0 aliphatic heterocycles. The highest BCUT2D eigenvalue weighted by Crippen LogP contribution is 2.35. The number of thiophene rings is 1. The minimum Gasteiger partial charge on any atom is -0.376 e. The fourth-order valence-corrected chi connectivity index (χ4v) is 4.91. The molecule has 0 bridgehead atoms. The van der Waals surface area contributed by atoms with Gasteiger partial charge in [0.25, 0.3) is 0 Å². The van der Waals surface area contributed by atoms with Crippen LogP contribution in [0.5, 0.6) is 0 Å². The van der Waals surface area contributed by atoms with Gasteiger partial charge >= 0.3 is 0 Å². The number of rotatable bonds is 4. The summed E-state index contributed by atoms with van der Waals surface area (Å²) in [5.74, 6) is 0.256. The van der Waals surface area contributed by atoms with E-state index in [-0.39, 0.29) is 5.82 Å². The number of H-pyrrole nitrogens is 2. The van der Waals surface area contributed by atoms with E-state index in [0.717, 1.165) is 32.7 Å². The van der Waals surface area contributed by atoms with Gasteiger partial charge in [-0.05, 0) is 37.3 Å². The van der Waals surface area contributed by atoms with Crippen LogP contribution in [0.1, 0.15) is 4.88 Å². The number of aryl methyl sites for hydroxylation is 1. The summed E-state index contributed by atoms with van der Waals surface area (Å²) in [7, 11) is 3.85. The zero-order valence-electron chi connectivity index (χ0n) is 18.7. The summed E-state index contributed by atoms with van der Waals surface area (Å²) in [6.45, 7) is 2.07. The van der Waals surface area contributed by atoms with E-state index in [9.17, 15) is 0 Å². The summed E-state index contributed by atoms with van der Waals surface area (Å²) in [5, 5.41) is 8.17. The van der Waals surface area contributed by atoms with Crippen molar-refractivity contribution in [3.8, 4) is 33.2 Å². The van der Waals surface area contributed by atoms with Crippen LogP contribution >= 0.6 is 11.3 Å². The second-order valence-corrected chi connectivity index (χ2v) is 9.62. The first kappa shape index (κ1) is 20.5. The first-order valence-corrected chi connectivity index (χ1v) is 11.5. The van der Waals surface area contributed by atoms with E-state index in [1.54, 1.807) is 36.0 Å². The second-order valence-electron chi connectivity index (χ2n) is 8.33. The monoisotopic (exact) mass is 469 g/mol. The van der Waals surface area contributed by atoms with Gasteiger partial charge < -0.3 is 9.88 Å². The smallest absolute Gasteiger partial charge is 0.159 e. The zero-order chi connectivity index (χ0) is 23.4. The van der Waals surface area contributed by atoms with E-state index in [1.807, 2.05) is 31.1 Å². The van der Waals surface area contributed by atoms with Gasteiger partial charge in [0, 0.05) is 53.9 Å². The van der Waals surface area contributed by atoms with Crippen LogP contribution in [0.25, 0.3) is 55.2 Å². The van der Waals surface area contributed by atoms with Crippen LogP contribution in [0.3, 0.4) is 0 Å². The van der Waals surface area contributed by atoms with Crippen molar-refractivity contribution in [2.75, 3.05) is 19.0 Å². The molecule has 5 heterocycles. The number of nitrogens with zero attached hydrogens (tertiary/aromatic N) is 5. The standard InChI is InChI=1S/C25H20FN7S/c1-13-4-5-21(34-13)24-23-19(6-7-28-24)29-25(30-23)22-17-9-16(18(26)10-20(17)31-32-22)14-8-15(33(2)3)12-27-11-14/h4-12H,1-3H3,(H,29,30)(H,31,32). The molecule has 0 aliphatic carbocycles. The molecule has 0 saturated heterocycles. The maximum Gasteiger partial charge on any atom is 0.159 e. The highest BCUT2D eigenvalue weighted by Gasteiger charge is 2.19. The first-order valence-electron chi connectivity index (χ1n) is 10.7. The molecule has 7 nitrogen and oxygen atoms in total. The quantitative estimate of drug-likeness (QED) is 0.340. The average molecular weight is 470 g/mol. The number of aromatic amines is 2. The number of fused-ring (bicyclic) bond motifs is 2. The third-order valence-electron chi connectivity index (χ3n) is 5.80. The van der Waals surface area contributed by atoms with E-state index in [1.165, 1.54) is 10.9 Å². The lowest BCUT2D eigenvalue weighted by atomic mass is 10.0. The predicted octanol–water partition coefficient (Wildman–Crippen LogP) is 5.81. The van der Waals surface area contributed by atoms with Crippen LogP contribution in [0.15, 0.2) is 55.0 Å². The van der Waals surface area contributed by atoms with Crippen molar-refractivity contribution in [1.29, 1.82) is 0 Å². The van der Waals surface area contributed by atoms with Crippen molar-refractivity contribution in [3.63, 3.8) is 0 Å². The van der Waals surface area contributed by atoms with Crippen molar-refractivity contribution in [1.82, 2.24) is 30.1 Å². The van der Waals surface area contributed by atoms with Crippen LogP contribution < -0.4 is 4.90 Å². The maximum atomic E-state index is 15.0. The number of halogens is 1. The van der Waals surface area contributed by atoms with Crippen molar-refractivity contribution in [3.05, 3.63) is 65.7 Å². The Hall–Kier alpha value is -4.11. The largest absolute Gasteiger partial charge is 0.376 e. The molecule has 9 heteroatoms. The fraction of sp³-hybridized carbons (Fsp3) is 0.120. The Balaban J connectivity index is 1.51. The summed E-state index contributed by atoms with van der Waals surface area (Å²) in [5.41, 5.74) is 5.74. The minimum atomic E-state index is -0.343. The number of hydrogen-bond donors (Lipinski definition) is 2. The summed E-state index contributed by atoms with van der Waals surface area (Å²) in [6.07, 6.45) is 5.19. The highest BCUT2D eigenvalue weighted by molar-refractivity contribution is 7.15. The molecule has 6 aromatic rings. The third-order valence-corrected chi connectivity index (χ3v) is 6.81. The Bertz CT molecular complexity index is 1680. The molecule has 0 radical (unpaired) electrons. The van der Waals surface area contributed by atoms with Crippen molar-refractivity contribution >= 4 is 39.0 Å². The molecule has 0 spiro atoms. The molecule has 6 rings (SSSR count). The van der Waals surface area contributed by atoms with Crippen LogP contribution in [-0.2, 0) is 0 Å². The predicted molar refractivity (Wildman–Crippen MR) is 135 cm³/mol. The number of aromatic nitrogens is 6. The van der Waals surface area contributed by atoms with Gasteiger partial charge in [-0.1, -0.05) is 0 Å². The SMILES string of the molecule is Cc1ccc(-c2nccc3[nH]c(-c4n[nH]c5cc(F)c(-c6cncc(N(C)C)c6)cc45)nc23)s1. The summed E-state index contributed by atoms with van der Waals surface area (Å²) >= 11 is 1.68. The minimum absolute atomic E-state index is 0.343. The average Bonchev–Trinajstić information content (AvgIpc) is 3.55. The van der Waals surface area contributed by atoms with Crippen LogP contribution in [0.4, 0.5) is 10.1 Å². The molecule has 0 fully saturated rings. The van der Waals surface area contributed by atoms with Gasteiger partial charge in [-0.15, -0.1) is 11.3 Å². The summed E-state index contributed by atoms with van der Waals surface area (Å²) < 4.78 is 15.0. The van der Waals surface area contributed by atoms with Crippen LogP contribution in [-0.4, -0.2) is 44.2 Å². The molecule has 0 amide bonds. The Morgan fingerprint density at radius 1 is 1.00 bits per heavy atom. The Morgan fingerprint density at radius 3 is 2.68 bits per heavy atom. The normalized spacial score (nSPS) is 11.5. The molecular weight excluding hydrogens is 449 g/mol. The highest BCUT2D eigenvalue weighted by atomic mass is 32.1. The van der Waals surface area contributed by atoms with Gasteiger partial charge in [-0.2, -0.15) is 5.10 Å². The molecule has 0 saturated carbocycles. The zero-order valence-corrected chi connectivity index (χ0v) is 19.5. The Labute approximate surface area is 198 Å². The molecule has 2 N–H and O–H groups in total. The van der Waals surface area contributed by atoms with Gasteiger partial charge in [-0.3, -0.25) is 15.1 Å². The fourth-order valence-electron chi connectivity index (χ4n) is 4.05. The Kier molecular flexibility index (Phi) is 4.66. The topological polar surface area (TPSA) is 86.4 Å². The summed E-state index contributed by atoms with van der Waals surface area (Å²) in [4.78, 5) is 21.3. The number of pyridine rings is 2. The molecule has 0 aliphatic rings. The van der Waals surface area contributed by atoms with E-state index in [0.29, 0.717) is 28.2 Å². The Morgan fingerprint density at radius 2 is 1.88 bits per heavy atom. The lowest BCUT2D eigenvalue weighted by Gasteiger charge is -2.13. The van der Waals surface area contributed by atoms with E-state index < -0.39 is 0 Å². The van der Waals surface area contributed by atoms with E-state index >= 15 is 4.39 Å². The number of benzene rings is 1. The van der Waals surface area contributed by atoms with Crippen LogP contribution in [0, 0.1) is 12.7 Å². The molecule has 34 heavy (non-hydrogen) atoms. The van der Waals surface area contributed by atoms with Gasteiger partial charge in [0.1, 0.15) is 22.7 Å². The number of imidazole rings is 1. The second kappa shape index (κ2) is 7.74. The van der Waals surface area contributed by atoms with E-state index in [4.69, 9.17) is 4.98 Å². The van der Waals surface area contributed by atoms with Crippen molar-refractivity contribution in [2.24, 2.45) is 0 Å².